The number of ether oxygens (including phenoxy) is 4. The Labute approximate surface area is 458 Å². The molecule has 4 aromatic carbocycles. The van der Waals surface area contributed by atoms with Crippen molar-refractivity contribution in [2.24, 2.45) is 11.8 Å². The van der Waals surface area contributed by atoms with Crippen molar-refractivity contribution in [1.29, 1.82) is 0 Å². The molecule has 5 rings (SSSR count). The van der Waals surface area contributed by atoms with Gasteiger partial charge in [-0.05, 0) is 135 Å². The van der Waals surface area contributed by atoms with Gasteiger partial charge in [0.1, 0.15) is 11.5 Å². The van der Waals surface area contributed by atoms with Gasteiger partial charge in [0.05, 0.1) is 18.4 Å². The number of unbranched alkanes of at least 4 members (excludes halogenated alkanes) is 7. The molecule has 2 N–H and O–H groups in total. The van der Waals surface area contributed by atoms with E-state index in [0.29, 0.717) is 36.1 Å². The van der Waals surface area contributed by atoms with E-state index in [1.807, 2.05) is 43.3 Å². The molecule has 420 valence electrons. The molecular formula is C64H78F3NO10. The zero-order chi connectivity index (χ0) is 56.5. The number of carbonyl (C=O) groups is 4. The quantitative estimate of drug-likeness (QED) is 0.0184. The van der Waals surface area contributed by atoms with Gasteiger partial charge in [-0.15, -0.1) is 0 Å². The largest absolute Gasteiger partial charge is 0.494 e. The number of halogens is 3. The van der Waals surface area contributed by atoms with Crippen LogP contribution in [0.1, 0.15) is 162 Å². The average Bonchev–Trinajstić information content (AvgIpc) is 3.64. The van der Waals surface area contributed by atoms with Gasteiger partial charge >= 0.3 is 30.1 Å². The van der Waals surface area contributed by atoms with E-state index in [2.05, 4.69) is 30.7 Å². The van der Waals surface area contributed by atoms with Crippen LogP contribution in [0.25, 0.3) is 12.2 Å². The molecule has 0 bridgehead atoms. The molecule has 14 heteroatoms. The van der Waals surface area contributed by atoms with Gasteiger partial charge in [0.15, 0.2) is 18.4 Å². The maximum Gasteiger partial charge on any atom is 0.422 e. The molecule has 0 aliphatic carbocycles. The second kappa shape index (κ2) is 32.0. The van der Waals surface area contributed by atoms with E-state index in [4.69, 9.17) is 14.2 Å². The van der Waals surface area contributed by atoms with Crippen LogP contribution < -0.4 is 9.47 Å². The number of aromatic nitrogens is 1. The lowest BCUT2D eigenvalue weighted by atomic mass is 9.79. The molecular weight excluding hydrogens is 1000 g/mol. The number of esters is 4. The third kappa shape index (κ3) is 20.4. The smallest absolute Gasteiger partial charge is 0.422 e. The zero-order valence-electron chi connectivity index (χ0n) is 46.0. The Hall–Kier alpha value is -7.09. The summed E-state index contributed by atoms with van der Waals surface area (Å²) in [6.07, 6.45) is 14.1. The Morgan fingerprint density at radius 2 is 1.04 bits per heavy atom. The van der Waals surface area contributed by atoms with Gasteiger partial charge in [-0.1, -0.05) is 145 Å². The molecule has 11 nitrogen and oxygen atoms in total. The van der Waals surface area contributed by atoms with Crippen molar-refractivity contribution < 1.29 is 61.5 Å². The van der Waals surface area contributed by atoms with Crippen LogP contribution in [-0.4, -0.2) is 58.0 Å². The van der Waals surface area contributed by atoms with E-state index < -0.39 is 54.4 Å². The first kappa shape index (κ1) is 61.8. The minimum absolute atomic E-state index is 0.0647. The molecule has 78 heavy (non-hydrogen) atoms. The first-order chi connectivity index (χ1) is 37.5. The van der Waals surface area contributed by atoms with Gasteiger partial charge < -0.3 is 29.2 Å². The minimum atomic E-state index is -4.75. The minimum Gasteiger partial charge on any atom is -0.494 e. The maximum atomic E-state index is 14.0. The Bertz CT molecular complexity index is 2710. The van der Waals surface area contributed by atoms with Crippen molar-refractivity contribution in [3.63, 3.8) is 0 Å². The lowest BCUT2D eigenvalue weighted by Crippen LogP contribution is -2.29. The summed E-state index contributed by atoms with van der Waals surface area (Å²) in [7, 11) is 0. The molecule has 1 heterocycles. The van der Waals surface area contributed by atoms with E-state index in [9.17, 15) is 42.6 Å². The molecule has 3 unspecified atom stereocenters. The van der Waals surface area contributed by atoms with Crippen LogP contribution in [0.2, 0.25) is 0 Å². The first-order valence-electron chi connectivity index (χ1n) is 27.7. The van der Waals surface area contributed by atoms with Crippen molar-refractivity contribution in [3.8, 4) is 23.3 Å². The van der Waals surface area contributed by atoms with Gasteiger partial charge in [0.25, 0.3) is 0 Å². The average molecular weight is 1080 g/mol. The van der Waals surface area contributed by atoms with Crippen LogP contribution in [0.15, 0.2) is 109 Å². The predicted molar refractivity (Wildman–Crippen MR) is 298 cm³/mol. The highest BCUT2D eigenvalue weighted by molar-refractivity contribution is 5.89. The summed E-state index contributed by atoms with van der Waals surface area (Å²) in [5.74, 6) is -6.01. The van der Waals surface area contributed by atoms with Crippen molar-refractivity contribution >= 4 is 36.0 Å². The summed E-state index contributed by atoms with van der Waals surface area (Å²) in [4.78, 5) is 52.8. The molecule has 5 aromatic rings. The molecule has 0 fully saturated rings. The van der Waals surface area contributed by atoms with E-state index in [0.717, 1.165) is 42.4 Å². The second-order valence-corrected chi connectivity index (χ2v) is 20.0. The van der Waals surface area contributed by atoms with Crippen LogP contribution in [0, 0.1) is 18.8 Å². The molecule has 3 atom stereocenters. The van der Waals surface area contributed by atoms with Crippen molar-refractivity contribution in [2.75, 3.05) is 13.2 Å². The Morgan fingerprint density at radius 1 is 0.564 bits per heavy atom. The summed E-state index contributed by atoms with van der Waals surface area (Å²) in [5, 5.41) is 23.7. The molecule has 0 aliphatic rings. The molecule has 0 radical (unpaired) electrons. The summed E-state index contributed by atoms with van der Waals surface area (Å²) in [6, 6.07) is 29.4. The number of alkyl halides is 3. The monoisotopic (exact) mass is 1080 g/mol. The highest BCUT2D eigenvalue weighted by Crippen LogP contribution is 2.45. The fourth-order valence-corrected chi connectivity index (χ4v) is 9.30. The summed E-state index contributed by atoms with van der Waals surface area (Å²) < 4.78 is 62.3. The third-order valence-corrected chi connectivity index (χ3v) is 13.9. The van der Waals surface area contributed by atoms with Crippen molar-refractivity contribution in [1.82, 2.24) is 4.57 Å². The number of aromatic hydroxyl groups is 2. The SMILES string of the molecule is CCCCCCc1ccc(C=CC(=O)Oc2ccc(CCn3c(O)c(C)c(C(CC(CC(CC)C(=O)OCC(F)(F)F)C(=O)OCCCC)c4ccc(OC(=O)C=Cc5ccc(CCCCCC)cc5)cc4)c3O)cc2)cc1. The number of rotatable bonds is 32. The van der Waals surface area contributed by atoms with Gasteiger partial charge in [-0.2, -0.15) is 13.2 Å². The molecule has 0 saturated carbocycles. The highest BCUT2D eigenvalue weighted by atomic mass is 19.4. The van der Waals surface area contributed by atoms with Crippen LogP contribution in [0.4, 0.5) is 13.2 Å². The van der Waals surface area contributed by atoms with Crippen LogP contribution in [0.5, 0.6) is 23.3 Å². The van der Waals surface area contributed by atoms with Crippen LogP contribution in [-0.2, 0) is 54.5 Å². The van der Waals surface area contributed by atoms with Crippen LogP contribution in [0.3, 0.4) is 0 Å². The number of hydrogen-bond acceptors (Lipinski definition) is 10. The van der Waals surface area contributed by atoms with Crippen molar-refractivity contribution in [2.45, 2.75) is 156 Å². The Kier molecular flexibility index (Phi) is 25.3. The molecule has 0 spiro atoms. The van der Waals surface area contributed by atoms with Gasteiger partial charge in [0.2, 0.25) is 0 Å². The van der Waals surface area contributed by atoms with Gasteiger partial charge in [0, 0.05) is 35.7 Å². The predicted octanol–water partition coefficient (Wildman–Crippen LogP) is 14.9. The van der Waals surface area contributed by atoms with E-state index in [-0.39, 0.29) is 55.5 Å². The first-order valence-corrected chi connectivity index (χ1v) is 27.7. The molecule has 1 aromatic heterocycles. The topological polar surface area (TPSA) is 151 Å². The summed E-state index contributed by atoms with van der Waals surface area (Å²) in [5.41, 5.74) is 6.09. The summed E-state index contributed by atoms with van der Waals surface area (Å²) in [6.45, 7) is 7.92. The number of aryl methyl sites for hydroxylation is 3. The highest BCUT2D eigenvalue weighted by Gasteiger charge is 2.37. The third-order valence-electron chi connectivity index (χ3n) is 13.9. The van der Waals surface area contributed by atoms with E-state index >= 15 is 0 Å². The van der Waals surface area contributed by atoms with E-state index in [1.165, 1.54) is 66.4 Å². The fraction of sp³-hybridized carbons (Fsp3) is 0.438. The number of benzene rings is 4. The Balaban J connectivity index is 1.36. The lowest BCUT2D eigenvalue weighted by Gasteiger charge is -2.26. The lowest BCUT2D eigenvalue weighted by molar-refractivity contribution is -0.189. The van der Waals surface area contributed by atoms with Crippen LogP contribution >= 0.6 is 0 Å². The maximum absolute atomic E-state index is 14.0. The normalized spacial score (nSPS) is 12.9. The van der Waals surface area contributed by atoms with Crippen molar-refractivity contribution in [3.05, 3.63) is 154 Å². The molecule has 0 saturated heterocycles. The number of hydrogen-bond donors (Lipinski definition) is 2. The van der Waals surface area contributed by atoms with Gasteiger partial charge in [-0.3, -0.25) is 14.2 Å². The molecule has 0 amide bonds. The number of carbonyl (C=O) groups excluding carboxylic acids is 4. The van der Waals surface area contributed by atoms with E-state index in [1.54, 1.807) is 74.5 Å². The Morgan fingerprint density at radius 3 is 1.53 bits per heavy atom. The standard InChI is InChI=1S/C64H78F3NO10/c1-6-10-13-15-17-46-19-23-48(24-20-46)29-37-57(69)77-54-33-27-50(28-34-54)39-40-68-60(71)45(5)59(61(68)72)56(43-53(63(74)75-41-12-8-3)42-51(9-4)62(73)76-44-64(65,66)67)52-31-35-55(36-32-52)78-58(70)38-30-49-25-21-47(22-26-49)18-16-14-11-7-2/h19-38,51,53,56,71-72H,6-18,39-44H2,1-5H3. The molecule has 0 aliphatic heterocycles. The van der Waals surface area contributed by atoms with Gasteiger partial charge in [-0.25, -0.2) is 9.59 Å². The summed E-state index contributed by atoms with van der Waals surface area (Å²) >= 11 is 0. The number of nitrogens with zero attached hydrogens (tertiary/aromatic N) is 1. The second-order valence-electron chi connectivity index (χ2n) is 20.0. The fourth-order valence-electron chi connectivity index (χ4n) is 9.30. The zero-order valence-corrected chi connectivity index (χ0v) is 46.0.